The largest absolute Gasteiger partial charge is 0.487 e. The molecule has 0 spiro atoms. The Kier molecular flexibility index (Phi) is 5.05. The fourth-order valence-corrected chi connectivity index (χ4v) is 1.97. The van der Waals surface area contributed by atoms with E-state index in [2.05, 4.69) is 26.2 Å². The van der Waals surface area contributed by atoms with E-state index in [4.69, 9.17) is 16.3 Å². The average Bonchev–Trinajstić information content (AvgIpc) is 2.41. The van der Waals surface area contributed by atoms with Crippen LogP contribution in [0.5, 0.6) is 5.75 Å². The van der Waals surface area contributed by atoms with Gasteiger partial charge in [-0.25, -0.2) is 4.98 Å². The average molecular weight is 342 g/mol. The van der Waals surface area contributed by atoms with Crippen molar-refractivity contribution in [2.24, 2.45) is 0 Å². The van der Waals surface area contributed by atoms with Crippen LogP contribution in [0, 0.1) is 0 Å². The van der Waals surface area contributed by atoms with E-state index in [-0.39, 0.29) is 0 Å². The summed E-state index contributed by atoms with van der Waals surface area (Å²) in [5.74, 6) is 1.59. The lowest BCUT2D eigenvalue weighted by atomic mass is 10.3. The summed E-state index contributed by atoms with van der Waals surface area (Å²) < 4.78 is 6.68. The lowest BCUT2D eigenvalue weighted by Gasteiger charge is -2.09. The summed E-state index contributed by atoms with van der Waals surface area (Å²) in [5, 5.41) is 3.76. The van der Waals surface area contributed by atoms with Crippen molar-refractivity contribution in [1.82, 2.24) is 4.98 Å². The van der Waals surface area contributed by atoms with Gasteiger partial charge in [0.25, 0.3) is 0 Å². The van der Waals surface area contributed by atoms with Crippen LogP contribution in [0.3, 0.4) is 0 Å². The van der Waals surface area contributed by atoms with Crippen LogP contribution in [0.25, 0.3) is 0 Å². The number of pyridine rings is 1. The molecule has 100 valence electrons. The predicted octanol–water partition coefficient (Wildman–Crippen LogP) is 4.51. The van der Waals surface area contributed by atoms with Gasteiger partial charge in [-0.15, -0.1) is 0 Å². The maximum Gasteiger partial charge on any atom is 0.132 e. The van der Waals surface area contributed by atoms with Gasteiger partial charge in [-0.2, -0.15) is 0 Å². The molecule has 3 nitrogen and oxygen atoms in total. The Hall–Kier alpha value is -1.26. The van der Waals surface area contributed by atoms with Gasteiger partial charge in [0.15, 0.2) is 0 Å². The van der Waals surface area contributed by atoms with E-state index in [9.17, 15) is 0 Å². The normalized spacial score (nSPS) is 10.3. The standard InChI is InChI=1S/C14H14BrClN2O/c1-2-17-14-8-7-12(16)13(18-14)9-19-11-5-3-10(15)4-6-11/h3-8H,2,9H2,1H3,(H,17,18). The Bertz CT molecular complexity index is 546. The van der Waals surface area contributed by atoms with Crippen LogP contribution in [0.4, 0.5) is 5.82 Å². The van der Waals surface area contributed by atoms with Gasteiger partial charge < -0.3 is 10.1 Å². The number of nitrogens with zero attached hydrogens (tertiary/aromatic N) is 1. The van der Waals surface area contributed by atoms with E-state index in [1.165, 1.54) is 0 Å². The van der Waals surface area contributed by atoms with Gasteiger partial charge >= 0.3 is 0 Å². The first kappa shape index (κ1) is 14.2. The summed E-state index contributed by atoms with van der Waals surface area (Å²) in [6.07, 6.45) is 0. The number of hydrogen-bond acceptors (Lipinski definition) is 3. The van der Waals surface area contributed by atoms with E-state index in [1.54, 1.807) is 0 Å². The van der Waals surface area contributed by atoms with Crippen LogP contribution in [0.15, 0.2) is 40.9 Å². The van der Waals surface area contributed by atoms with E-state index < -0.39 is 0 Å². The monoisotopic (exact) mass is 340 g/mol. The van der Waals surface area contributed by atoms with Gasteiger partial charge in [0.1, 0.15) is 18.2 Å². The quantitative estimate of drug-likeness (QED) is 0.869. The van der Waals surface area contributed by atoms with E-state index in [1.807, 2.05) is 43.3 Å². The maximum atomic E-state index is 6.11. The Morgan fingerprint density at radius 3 is 2.63 bits per heavy atom. The summed E-state index contributed by atoms with van der Waals surface area (Å²) >= 11 is 9.49. The molecule has 0 unspecified atom stereocenters. The molecule has 0 fully saturated rings. The minimum atomic E-state index is 0.347. The van der Waals surface area contributed by atoms with Crippen molar-refractivity contribution in [3.8, 4) is 5.75 Å². The molecule has 0 aliphatic carbocycles. The lowest BCUT2D eigenvalue weighted by Crippen LogP contribution is -2.04. The zero-order valence-electron chi connectivity index (χ0n) is 10.5. The molecule has 0 saturated carbocycles. The molecule has 0 radical (unpaired) electrons. The highest BCUT2D eigenvalue weighted by atomic mass is 79.9. The van der Waals surface area contributed by atoms with E-state index in [0.29, 0.717) is 11.6 Å². The zero-order chi connectivity index (χ0) is 13.7. The number of nitrogens with one attached hydrogen (secondary N) is 1. The maximum absolute atomic E-state index is 6.11. The first-order chi connectivity index (χ1) is 9.19. The number of ether oxygens (including phenoxy) is 1. The SMILES string of the molecule is CCNc1ccc(Cl)c(COc2ccc(Br)cc2)n1. The minimum Gasteiger partial charge on any atom is -0.487 e. The lowest BCUT2D eigenvalue weighted by molar-refractivity contribution is 0.301. The Morgan fingerprint density at radius 1 is 1.21 bits per heavy atom. The van der Waals surface area contributed by atoms with Crippen molar-refractivity contribution in [3.05, 3.63) is 51.6 Å². The number of hydrogen-bond donors (Lipinski definition) is 1. The molecule has 2 aromatic rings. The summed E-state index contributed by atoms with van der Waals surface area (Å²) in [5.41, 5.74) is 0.725. The highest BCUT2D eigenvalue weighted by Gasteiger charge is 2.05. The number of benzene rings is 1. The van der Waals surface area contributed by atoms with Crippen LogP contribution in [-0.4, -0.2) is 11.5 Å². The third-order valence-corrected chi connectivity index (χ3v) is 3.34. The zero-order valence-corrected chi connectivity index (χ0v) is 12.8. The summed E-state index contributed by atoms with van der Waals surface area (Å²) in [6, 6.07) is 11.3. The van der Waals surface area contributed by atoms with Crippen LogP contribution in [0.1, 0.15) is 12.6 Å². The van der Waals surface area contributed by atoms with Gasteiger partial charge in [-0.3, -0.25) is 0 Å². The third-order valence-electron chi connectivity index (χ3n) is 2.47. The Morgan fingerprint density at radius 2 is 1.95 bits per heavy atom. The molecule has 2 rings (SSSR count). The Labute approximate surface area is 126 Å². The smallest absolute Gasteiger partial charge is 0.132 e. The highest BCUT2D eigenvalue weighted by molar-refractivity contribution is 9.10. The second-order valence-corrected chi connectivity index (χ2v) is 5.22. The molecular weight excluding hydrogens is 328 g/mol. The molecule has 0 amide bonds. The van der Waals surface area contributed by atoms with Gasteiger partial charge in [0.2, 0.25) is 0 Å². The molecule has 1 aromatic heterocycles. The highest BCUT2D eigenvalue weighted by Crippen LogP contribution is 2.20. The molecule has 0 aliphatic heterocycles. The second kappa shape index (κ2) is 6.78. The number of rotatable bonds is 5. The molecule has 0 saturated heterocycles. The molecule has 1 heterocycles. The van der Waals surface area contributed by atoms with Crippen molar-refractivity contribution in [1.29, 1.82) is 0 Å². The summed E-state index contributed by atoms with van der Waals surface area (Å²) in [4.78, 5) is 4.42. The summed E-state index contributed by atoms with van der Waals surface area (Å²) in [7, 11) is 0. The third kappa shape index (κ3) is 4.11. The molecule has 1 aromatic carbocycles. The number of aromatic nitrogens is 1. The molecule has 5 heteroatoms. The van der Waals surface area contributed by atoms with Crippen molar-refractivity contribution >= 4 is 33.3 Å². The van der Waals surface area contributed by atoms with Crippen LogP contribution >= 0.6 is 27.5 Å². The van der Waals surface area contributed by atoms with Crippen LogP contribution in [-0.2, 0) is 6.61 Å². The topological polar surface area (TPSA) is 34.1 Å². The molecular formula is C14H14BrClN2O. The van der Waals surface area contributed by atoms with E-state index in [0.717, 1.165) is 28.3 Å². The first-order valence-electron chi connectivity index (χ1n) is 5.96. The fraction of sp³-hybridized carbons (Fsp3) is 0.214. The molecule has 0 bridgehead atoms. The van der Waals surface area contributed by atoms with E-state index >= 15 is 0 Å². The fourth-order valence-electron chi connectivity index (χ4n) is 1.55. The molecule has 1 N–H and O–H groups in total. The van der Waals surface area contributed by atoms with Crippen molar-refractivity contribution in [2.45, 2.75) is 13.5 Å². The minimum absolute atomic E-state index is 0.347. The van der Waals surface area contributed by atoms with Gasteiger partial charge in [-0.1, -0.05) is 27.5 Å². The van der Waals surface area contributed by atoms with Crippen molar-refractivity contribution < 1.29 is 4.74 Å². The molecule has 19 heavy (non-hydrogen) atoms. The summed E-state index contributed by atoms with van der Waals surface area (Å²) in [6.45, 7) is 3.19. The van der Waals surface area contributed by atoms with Gasteiger partial charge in [0.05, 0.1) is 10.7 Å². The number of halogens is 2. The molecule has 0 atom stereocenters. The Balaban J connectivity index is 2.05. The first-order valence-corrected chi connectivity index (χ1v) is 7.14. The van der Waals surface area contributed by atoms with Crippen LogP contribution < -0.4 is 10.1 Å². The van der Waals surface area contributed by atoms with Gasteiger partial charge in [-0.05, 0) is 43.3 Å². The predicted molar refractivity (Wildman–Crippen MR) is 81.9 cm³/mol. The van der Waals surface area contributed by atoms with Crippen molar-refractivity contribution in [3.63, 3.8) is 0 Å². The van der Waals surface area contributed by atoms with Crippen molar-refractivity contribution in [2.75, 3.05) is 11.9 Å². The second-order valence-electron chi connectivity index (χ2n) is 3.90. The molecule has 0 aliphatic rings. The number of anilines is 1. The van der Waals surface area contributed by atoms with Crippen LogP contribution in [0.2, 0.25) is 5.02 Å². The van der Waals surface area contributed by atoms with Gasteiger partial charge in [0, 0.05) is 11.0 Å².